The molecule has 0 saturated carbocycles. The van der Waals surface area contributed by atoms with Crippen molar-refractivity contribution in [3.05, 3.63) is 93.7 Å². The summed E-state index contributed by atoms with van der Waals surface area (Å²) in [5.74, 6) is -2.35. The van der Waals surface area contributed by atoms with Crippen molar-refractivity contribution in [2.45, 2.75) is 38.8 Å². The number of hydrogen-bond acceptors (Lipinski definition) is 7. The summed E-state index contributed by atoms with van der Waals surface area (Å²) in [6.45, 7) is 5.42. The molecule has 0 saturated heterocycles. The minimum absolute atomic E-state index is 0.0582. The van der Waals surface area contributed by atoms with E-state index in [1.165, 1.54) is 16.8 Å². The number of rotatable bonds is 9. The van der Waals surface area contributed by atoms with E-state index in [1.54, 1.807) is 24.8 Å². The summed E-state index contributed by atoms with van der Waals surface area (Å²) < 4.78 is 26.5. The zero-order valence-electron chi connectivity index (χ0n) is 21.5. The SMILES string of the molecule is CCN1C[C@H](C(c2ccccc2)c2cccc(F)c2)n2ncc(=O)c(OCOC(=O)[C@@H](N)C(C)C)c2C1=O. The van der Waals surface area contributed by atoms with E-state index in [-0.39, 0.29) is 29.7 Å². The third-order valence-corrected chi connectivity index (χ3v) is 6.71. The molecule has 10 heteroatoms. The smallest absolute Gasteiger partial charge is 0.326 e. The number of likely N-dealkylation sites (N-methyl/N-ethyl adjacent to an activating group) is 1. The predicted molar refractivity (Wildman–Crippen MR) is 138 cm³/mol. The highest BCUT2D eigenvalue weighted by molar-refractivity contribution is 5.96. The fourth-order valence-corrected chi connectivity index (χ4v) is 4.60. The first-order valence-electron chi connectivity index (χ1n) is 12.5. The van der Waals surface area contributed by atoms with E-state index in [0.717, 1.165) is 11.8 Å². The minimum atomic E-state index is -0.856. The second-order valence-corrected chi connectivity index (χ2v) is 9.48. The Morgan fingerprint density at radius 1 is 1.13 bits per heavy atom. The quantitative estimate of drug-likeness (QED) is 0.339. The zero-order chi connectivity index (χ0) is 27.4. The Morgan fingerprint density at radius 2 is 1.84 bits per heavy atom. The lowest BCUT2D eigenvalue weighted by Crippen LogP contribution is -2.47. The highest BCUT2D eigenvalue weighted by atomic mass is 19.1. The summed E-state index contributed by atoms with van der Waals surface area (Å²) in [5.41, 5.74) is 6.71. The lowest BCUT2D eigenvalue weighted by Gasteiger charge is -2.39. The van der Waals surface area contributed by atoms with E-state index in [2.05, 4.69) is 5.10 Å². The minimum Gasteiger partial charge on any atom is -0.451 e. The van der Waals surface area contributed by atoms with Crippen molar-refractivity contribution in [3.63, 3.8) is 0 Å². The molecular weight excluding hydrogens is 491 g/mol. The summed E-state index contributed by atoms with van der Waals surface area (Å²) in [5, 5.41) is 4.32. The second-order valence-electron chi connectivity index (χ2n) is 9.48. The first kappa shape index (κ1) is 27.0. The molecule has 0 spiro atoms. The summed E-state index contributed by atoms with van der Waals surface area (Å²) in [7, 11) is 0. The molecule has 0 bridgehead atoms. The number of ether oxygens (including phenoxy) is 2. The van der Waals surface area contributed by atoms with Gasteiger partial charge in [0.05, 0.1) is 12.2 Å². The van der Waals surface area contributed by atoms with Crippen LogP contribution in [0, 0.1) is 11.7 Å². The van der Waals surface area contributed by atoms with Crippen molar-refractivity contribution >= 4 is 11.9 Å². The molecule has 0 aliphatic carbocycles. The second kappa shape index (κ2) is 11.6. The molecule has 1 aliphatic rings. The third-order valence-electron chi connectivity index (χ3n) is 6.71. The largest absolute Gasteiger partial charge is 0.451 e. The number of nitrogens with two attached hydrogens (primary N) is 1. The number of benzene rings is 2. The normalized spacial score (nSPS) is 16.6. The van der Waals surface area contributed by atoms with Crippen molar-refractivity contribution in [2.75, 3.05) is 19.9 Å². The highest BCUT2D eigenvalue weighted by Gasteiger charge is 2.39. The number of carbonyl (C=O) groups is 2. The van der Waals surface area contributed by atoms with Gasteiger partial charge in [0.1, 0.15) is 11.9 Å². The average Bonchev–Trinajstić information content (AvgIpc) is 2.91. The molecule has 1 unspecified atom stereocenters. The van der Waals surface area contributed by atoms with Gasteiger partial charge >= 0.3 is 5.97 Å². The molecule has 1 aliphatic heterocycles. The number of amides is 1. The van der Waals surface area contributed by atoms with Gasteiger partial charge in [0.15, 0.2) is 5.69 Å². The Balaban J connectivity index is 1.78. The van der Waals surface area contributed by atoms with Gasteiger partial charge in [0.25, 0.3) is 5.91 Å². The Kier molecular flexibility index (Phi) is 8.21. The first-order chi connectivity index (χ1) is 18.2. The monoisotopic (exact) mass is 522 g/mol. The van der Waals surface area contributed by atoms with Crippen LogP contribution in [-0.2, 0) is 9.53 Å². The van der Waals surface area contributed by atoms with E-state index in [9.17, 15) is 18.8 Å². The van der Waals surface area contributed by atoms with Crippen molar-refractivity contribution in [2.24, 2.45) is 11.7 Å². The number of nitrogens with zero attached hydrogens (tertiary/aromatic N) is 3. The van der Waals surface area contributed by atoms with Crippen LogP contribution < -0.4 is 15.9 Å². The lowest BCUT2D eigenvalue weighted by molar-refractivity contribution is -0.152. The van der Waals surface area contributed by atoms with Gasteiger partial charge in [-0.05, 0) is 36.1 Å². The fourth-order valence-electron chi connectivity index (χ4n) is 4.60. The van der Waals surface area contributed by atoms with Gasteiger partial charge in [-0.3, -0.25) is 19.1 Å². The summed E-state index contributed by atoms with van der Waals surface area (Å²) in [6, 6.07) is 14.5. The van der Waals surface area contributed by atoms with Gasteiger partial charge < -0.3 is 20.1 Å². The molecule has 1 amide bonds. The summed E-state index contributed by atoms with van der Waals surface area (Å²) in [4.78, 5) is 40.0. The molecule has 0 fully saturated rings. The number of fused-ring (bicyclic) bond motifs is 1. The Hall–Kier alpha value is -4.05. The Labute approximate surface area is 220 Å². The van der Waals surface area contributed by atoms with E-state index in [4.69, 9.17) is 15.2 Å². The zero-order valence-corrected chi connectivity index (χ0v) is 21.5. The topological polar surface area (TPSA) is 117 Å². The molecule has 200 valence electrons. The third kappa shape index (κ3) is 5.45. The number of halogens is 1. The molecule has 3 aromatic rings. The average molecular weight is 523 g/mol. The van der Waals surface area contributed by atoms with Crippen LogP contribution in [0.5, 0.6) is 5.75 Å². The van der Waals surface area contributed by atoms with Gasteiger partial charge in [-0.2, -0.15) is 5.10 Å². The lowest BCUT2D eigenvalue weighted by atomic mass is 9.83. The summed E-state index contributed by atoms with van der Waals surface area (Å²) in [6.07, 6.45) is 1.07. The van der Waals surface area contributed by atoms with Crippen molar-refractivity contribution in [1.82, 2.24) is 14.7 Å². The molecule has 2 aromatic carbocycles. The van der Waals surface area contributed by atoms with Crippen molar-refractivity contribution < 1.29 is 23.5 Å². The maximum Gasteiger partial charge on any atom is 0.326 e. The van der Waals surface area contributed by atoms with Gasteiger partial charge in [0, 0.05) is 19.0 Å². The van der Waals surface area contributed by atoms with Crippen molar-refractivity contribution in [3.8, 4) is 5.75 Å². The van der Waals surface area contributed by atoms with Crippen LogP contribution >= 0.6 is 0 Å². The predicted octanol–water partition coefficient (Wildman–Crippen LogP) is 3.09. The molecular formula is C28H31FN4O5. The number of hydrogen-bond donors (Lipinski definition) is 1. The number of esters is 1. The summed E-state index contributed by atoms with van der Waals surface area (Å²) >= 11 is 0. The molecule has 38 heavy (non-hydrogen) atoms. The molecule has 9 nitrogen and oxygen atoms in total. The van der Waals surface area contributed by atoms with Crippen LogP contribution in [0.25, 0.3) is 0 Å². The number of aromatic nitrogens is 2. The maximum atomic E-state index is 14.3. The van der Waals surface area contributed by atoms with Crippen LogP contribution in [0.2, 0.25) is 0 Å². The first-order valence-corrected chi connectivity index (χ1v) is 12.5. The van der Waals surface area contributed by atoms with E-state index in [0.29, 0.717) is 12.1 Å². The van der Waals surface area contributed by atoms with Crippen LogP contribution in [0.4, 0.5) is 4.39 Å². The van der Waals surface area contributed by atoms with E-state index in [1.807, 2.05) is 43.3 Å². The van der Waals surface area contributed by atoms with Crippen LogP contribution in [-0.4, -0.2) is 52.5 Å². The molecule has 2 heterocycles. The van der Waals surface area contributed by atoms with Gasteiger partial charge in [-0.15, -0.1) is 0 Å². The molecule has 1 aromatic heterocycles. The Morgan fingerprint density at radius 3 is 2.50 bits per heavy atom. The van der Waals surface area contributed by atoms with Gasteiger partial charge in [0.2, 0.25) is 18.0 Å². The fraction of sp³-hybridized carbons (Fsp3) is 0.357. The molecule has 3 atom stereocenters. The maximum absolute atomic E-state index is 14.3. The van der Waals surface area contributed by atoms with E-state index >= 15 is 0 Å². The number of carbonyl (C=O) groups excluding carboxylic acids is 2. The molecule has 4 rings (SSSR count). The standard InChI is InChI=1S/C28H31FN4O5/c1-4-32-15-21(23(18-9-6-5-7-10-18)19-11-8-12-20(29)13-19)33-25(27(32)35)26(22(34)14-31-33)37-16-38-28(36)24(30)17(2)3/h5-14,17,21,23-24H,4,15-16,30H2,1-3H3/t21-,23?,24+/m1/s1. The Bertz CT molecular complexity index is 1360. The highest BCUT2D eigenvalue weighted by Crippen LogP contribution is 2.39. The molecule has 0 radical (unpaired) electrons. The van der Waals surface area contributed by atoms with Gasteiger partial charge in [-0.25, -0.2) is 4.39 Å². The molecule has 2 N–H and O–H groups in total. The van der Waals surface area contributed by atoms with Crippen molar-refractivity contribution in [1.29, 1.82) is 0 Å². The van der Waals surface area contributed by atoms with Crippen LogP contribution in [0.15, 0.2) is 65.6 Å². The van der Waals surface area contributed by atoms with E-state index < -0.39 is 42.1 Å². The van der Waals surface area contributed by atoms with Crippen LogP contribution in [0.3, 0.4) is 0 Å². The van der Waals surface area contributed by atoms with Gasteiger partial charge in [-0.1, -0.05) is 56.3 Å². The van der Waals surface area contributed by atoms with Crippen LogP contribution in [0.1, 0.15) is 54.3 Å².